The highest BCUT2D eigenvalue weighted by molar-refractivity contribution is 7.99. The summed E-state index contributed by atoms with van der Waals surface area (Å²) in [5, 5.41) is 18.2. The average molecular weight is 162 g/mol. The molecule has 0 heterocycles. The van der Waals surface area contributed by atoms with Gasteiger partial charge in [0.25, 0.3) is 0 Å². The summed E-state index contributed by atoms with van der Waals surface area (Å²) >= 11 is 1.69. The van der Waals surface area contributed by atoms with Crippen molar-refractivity contribution in [3.63, 3.8) is 0 Å². The quantitative estimate of drug-likeness (QED) is 0.639. The second kappa shape index (κ2) is 4.21. The van der Waals surface area contributed by atoms with Crippen LogP contribution in [0.3, 0.4) is 0 Å². The Kier molecular flexibility index (Phi) is 3.52. The van der Waals surface area contributed by atoms with E-state index in [1.807, 2.05) is 0 Å². The first-order valence-corrected chi connectivity index (χ1v) is 4.80. The molecule has 0 spiro atoms. The zero-order valence-corrected chi connectivity index (χ0v) is 6.81. The van der Waals surface area contributed by atoms with Crippen LogP contribution in [0.15, 0.2) is 0 Å². The van der Waals surface area contributed by atoms with Crippen LogP contribution in [0, 0.1) is 0 Å². The van der Waals surface area contributed by atoms with Gasteiger partial charge >= 0.3 is 0 Å². The Labute approximate surface area is 65.6 Å². The fourth-order valence-corrected chi connectivity index (χ4v) is 2.40. The lowest BCUT2D eigenvalue weighted by atomic mass is 10.3. The number of hydrogen-bond donors (Lipinski definition) is 2. The Morgan fingerprint density at radius 3 is 2.70 bits per heavy atom. The number of aliphatic hydroxyl groups is 2. The summed E-state index contributed by atoms with van der Waals surface area (Å²) in [5.41, 5.74) is 0. The van der Waals surface area contributed by atoms with Crippen molar-refractivity contribution in [3.05, 3.63) is 0 Å². The van der Waals surface area contributed by atoms with Gasteiger partial charge in [-0.15, -0.1) is 0 Å². The Morgan fingerprint density at radius 2 is 2.20 bits per heavy atom. The Balaban J connectivity index is 2.14. The third-order valence-corrected chi connectivity index (χ3v) is 3.24. The summed E-state index contributed by atoms with van der Waals surface area (Å²) in [6.45, 7) is 0.230. The molecule has 0 aromatic heterocycles. The van der Waals surface area contributed by atoms with Crippen molar-refractivity contribution in [2.24, 2.45) is 0 Å². The number of aliphatic hydroxyl groups excluding tert-OH is 2. The van der Waals surface area contributed by atoms with Gasteiger partial charge in [-0.2, -0.15) is 11.8 Å². The van der Waals surface area contributed by atoms with Gasteiger partial charge in [0.15, 0.2) is 0 Å². The van der Waals surface area contributed by atoms with Crippen molar-refractivity contribution in [3.8, 4) is 0 Å². The molecule has 1 fully saturated rings. The van der Waals surface area contributed by atoms with Gasteiger partial charge in [0.1, 0.15) is 0 Å². The maximum atomic E-state index is 9.31. The normalized spacial score (nSPS) is 33.0. The lowest BCUT2D eigenvalue weighted by Crippen LogP contribution is -2.16. The predicted octanol–water partition coefficient (Wildman–Crippen LogP) is 0.625. The van der Waals surface area contributed by atoms with Crippen LogP contribution in [-0.2, 0) is 0 Å². The molecule has 2 nitrogen and oxygen atoms in total. The molecule has 2 atom stereocenters. The minimum absolute atomic E-state index is 0.114. The van der Waals surface area contributed by atoms with Crippen molar-refractivity contribution in [1.82, 2.24) is 0 Å². The molecule has 2 unspecified atom stereocenters. The molecule has 0 aromatic carbocycles. The molecule has 0 radical (unpaired) electrons. The highest BCUT2D eigenvalue weighted by Gasteiger charge is 2.24. The van der Waals surface area contributed by atoms with E-state index in [1.165, 1.54) is 0 Å². The van der Waals surface area contributed by atoms with Crippen LogP contribution >= 0.6 is 11.8 Å². The van der Waals surface area contributed by atoms with Crippen LogP contribution in [0.5, 0.6) is 0 Å². The third-order valence-electron chi connectivity index (χ3n) is 1.84. The molecule has 10 heavy (non-hydrogen) atoms. The molecule has 1 aliphatic carbocycles. The lowest BCUT2D eigenvalue weighted by molar-refractivity contribution is 0.188. The minimum Gasteiger partial charge on any atom is -0.396 e. The Bertz CT molecular complexity index is 97.6. The molecule has 0 aliphatic heterocycles. The molecule has 0 bridgehead atoms. The van der Waals surface area contributed by atoms with E-state index >= 15 is 0 Å². The first kappa shape index (κ1) is 8.37. The van der Waals surface area contributed by atoms with E-state index in [4.69, 9.17) is 5.11 Å². The average Bonchev–Trinajstić information content (AvgIpc) is 2.31. The number of hydrogen-bond acceptors (Lipinski definition) is 3. The van der Waals surface area contributed by atoms with Crippen LogP contribution < -0.4 is 0 Å². The van der Waals surface area contributed by atoms with E-state index in [9.17, 15) is 5.11 Å². The molecule has 0 amide bonds. The highest BCUT2D eigenvalue weighted by atomic mass is 32.2. The zero-order valence-electron chi connectivity index (χ0n) is 5.99. The number of rotatable bonds is 3. The van der Waals surface area contributed by atoms with Crippen molar-refractivity contribution >= 4 is 11.8 Å². The smallest absolute Gasteiger partial charge is 0.0658 e. The fraction of sp³-hybridized carbons (Fsp3) is 1.00. The van der Waals surface area contributed by atoms with Crippen molar-refractivity contribution in [1.29, 1.82) is 0 Å². The first-order valence-electron chi connectivity index (χ1n) is 3.75. The minimum atomic E-state index is -0.114. The zero-order chi connectivity index (χ0) is 7.40. The maximum Gasteiger partial charge on any atom is 0.0658 e. The SMILES string of the molecule is OCCSC1CCCC1O. The number of thioether (sulfide) groups is 1. The summed E-state index contributed by atoms with van der Waals surface area (Å²) < 4.78 is 0. The van der Waals surface area contributed by atoms with E-state index in [-0.39, 0.29) is 12.7 Å². The molecule has 1 aliphatic rings. The van der Waals surface area contributed by atoms with Gasteiger partial charge in [-0.25, -0.2) is 0 Å². The summed E-state index contributed by atoms with van der Waals surface area (Å²) in [7, 11) is 0. The fourth-order valence-electron chi connectivity index (χ4n) is 1.30. The maximum absolute atomic E-state index is 9.31. The highest BCUT2D eigenvalue weighted by Crippen LogP contribution is 2.29. The summed E-state index contributed by atoms with van der Waals surface area (Å²) in [6, 6.07) is 0. The largest absolute Gasteiger partial charge is 0.396 e. The van der Waals surface area contributed by atoms with E-state index in [0.717, 1.165) is 25.0 Å². The molecule has 3 heteroatoms. The first-order chi connectivity index (χ1) is 4.84. The van der Waals surface area contributed by atoms with Gasteiger partial charge in [0.05, 0.1) is 12.7 Å². The van der Waals surface area contributed by atoms with Gasteiger partial charge < -0.3 is 10.2 Å². The lowest BCUT2D eigenvalue weighted by Gasteiger charge is -2.11. The van der Waals surface area contributed by atoms with Gasteiger partial charge in [0.2, 0.25) is 0 Å². The standard InChI is InChI=1S/C7H14O2S/c8-4-5-10-7-3-1-2-6(7)9/h6-9H,1-5H2. The summed E-state index contributed by atoms with van der Waals surface area (Å²) in [6.07, 6.45) is 3.09. The summed E-state index contributed by atoms with van der Waals surface area (Å²) in [5.74, 6) is 0.766. The topological polar surface area (TPSA) is 40.5 Å². The molecule has 2 N–H and O–H groups in total. The predicted molar refractivity (Wildman–Crippen MR) is 43.2 cm³/mol. The van der Waals surface area contributed by atoms with E-state index in [2.05, 4.69) is 0 Å². The van der Waals surface area contributed by atoms with Crippen LogP contribution in [-0.4, -0.2) is 33.9 Å². The second-order valence-electron chi connectivity index (χ2n) is 2.63. The Morgan fingerprint density at radius 1 is 1.40 bits per heavy atom. The van der Waals surface area contributed by atoms with E-state index < -0.39 is 0 Å². The van der Waals surface area contributed by atoms with E-state index in [1.54, 1.807) is 11.8 Å². The van der Waals surface area contributed by atoms with Crippen LogP contribution in [0.1, 0.15) is 19.3 Å². The van der Waals surface area contributed by atoms with E-state index in [0.29, 0.717) is 5.25 Å². The van der Waals surface area contributed by atoms with Crippen molar-refractivity contribution in [2.45, 2.75) is 30.6 Å². The van der Waals surface area contributed by atoms with Crippen LogP contribution in [0.25, 0.3) is 0 Å². The molecule has 1 saturated carbocycles. The molecule has 1 rings (SSSR count). The molecule has 60 valence electrons. The van der Waals surface area contributed by atoms with Gasteiger partial charge in [-0.1, -0.05) is 0 Å². The van der Waals surface area contributed by atoms with Crippen LogP contribution in [0.4, 0.5) is 0 Å². The molecule has 0 saturated heterocycles. The Hall–Kier alpha value is 0.270. The molecular weight excluding hydrogens is 148 g/mol. The third kappa shape index (κ3) is 2.15. The molecule has 0 aromatic rings. The molecular formula is C7H14O2S. The van der Waals surface area contributed by atoms with Gasteiger partial charge in [-0.3, -0.25) is 0 Å². The summed E-state index contributed by atoms with van der Waals surface area (Å²) in [4.78, 5) is 0. The second-order valence-corrected chi connectivity index (χ2v) is 3.98. The van der Waals surface area contributed by atoms with Gasteiger partial charge in [-0.05, 0) is 19.3 Å². The van der Waals surface area contributed by atoms with Crippen molar-refractivity contribution in [2.75, 3.05) is 12.4 Å². The van der Waals surface area contributed by atoms with Crippen LogP contribution in [0.2, 0.25) is 0 Å². The monoisotopic (exact) mass is 162 g/mol. The van der Waals surface area contributed by atoms with Crippen molar-refractivity contribution < 1.29 is 10.2 Å². The van der Waals surface area contributed by atoms with Gasteiger partial charge in [0, 0.05) is 11.0 Å².